The number of ether oxygens (including phenoxy) is 1. The molecular weight excluding hydrogens is 279 g/mol. The maximum Gasteiger partial charge on any atom is 0.132 e. The molecular formula is C9H9IN2O. The number of hydrogen-bond donors (Lipinski definition) is 1. The van der Waals surface area contributed by atoms with Crippen molar-refractivity contribution >= 4 is 22.6 Å². The largest absolute Gasteiger partial charge is 0.496 e. The van der Waals surface area contributed by atoms with Crippen LogP contribution in [-0.4, -0.2) is 7.11 Å². The van der Waals surface area contributed by atoms with Crippen LogP contribution in [0, 0.1) is 14.9 Å². The van der Waals surface area contributed by atoms with E-state index in [-0.39, 0.29) is 0 Å². The number of nitriles is 1. The molecule has 68 valence electrons. The first-order chi connectivity index (χ1) is 6.22. The molecule has 1 aromatic rings. The van der Waals surface area contributed by atoms with Gasteiger partial charge in [-0.05, 0) is 40.3 Å². The van der Waals surface area contributed by atoms with Crippen LogP contribution in [0.5, 0.6) is 5.75 Å². The molecule has 0 spiro atoms. The zero-order valence-electron chi connectivity index (χ0n) is 7.17. The van der Waals surface area contributed by atoms with Crippen LogP contribution in [0.25, 0.3) is 0 Å². The van der Waals surface area contributed by atoms with Gasteiger partial charge < -0.3 is 10.5 Å². The molecule has 0 atom stereocenters. The second-order valence-corrected chi connectivity index (χ2v) is 3.62. The summed E-state index contributed by atoms with van der Waals surface area (Å²) >= 11 is 2.13. The summed E-state index contributed by atoms with van der Waals surface area (Å²) in [5.41, 5.74) is 6.93. The Balaban J connectivity index is 3.28. The van der Waals surface area contributed by atoms with E-state index in [0.717, 1.165) is 14.9 Å². The average Bonchev–Trinajstić information content (AvgIpc) is 2.17. The number of nitrogens with zero attached hydrogens (tertiary/aromatic N) is 1. The zero-order chi connectivity index (χ0) is 9.84. The van der Waals surface area contributed by atoms with Gasteiger partial charge in [0.05, 0.1) is 22.3 Å². The Morgan fingerprint density at radius 1 is 1.62 bits per heavy atom. The number of benzene rings is 1. The van der Waals surface area contributed by atoms with E-state index in [1.165, 1.54) is 0 Å². The predicted octanol–water partition coefficient (Wildman–Crippen LogP) is 1.63. The minimum atomic E-state index is 0.357. The van der Waals surface area contributed by atoms with Gasteiger partial charge in [-0.3, -0.25) is 0 Å². The Kier molecular flexibility index (Phi) is 3.51. The molecule has 0 radical (unpaired) electrons. The Morgan fingerprint density at radius 3 is 2.77 bits per heavy atom. The highest BCUT2D eigenvalue weighted by atomic mass is 127. The van der Waals surface area contributed by atoms with Crippen LogP contribution in [-0.2, 0) is 6.54 Å². The minimum Gasteiger partial charge on any atom is -0.496 e. The Hall–Kier alpha value is -0.800. The van der Waals surface area contributed by atoms with E-state index in [0.29, 0.717) is 12.1 Å². The topological polar surface area (TPSA) is 59.0 Å². The Labute approximate surface area is 90.6 Å². The summed E-state index contributed by atoms with van der Waals surface area (Å²) in [6.45, 7) is 0.357. The van der Waals surface area contributed by atoms with Gasteiger partial charge in [0.25, 0.3) is 0 Å². The van der Waals surface area contributed by atoms with Crippen LogP contribution in [0.2, 0.25) is 0 Å². The smallest absolute Gasteiger partial charge is 0.132 e. The second kappa shape index (κ2) is 4.44. The third-order valence-corrected chi connectivity index (χ3v) is 2.56. The molecule has 0 heterocycles. The van der Waals surface area contributed by atoms with Gasteiger partial charge in [-0.2, -0.15) is 5.26 Å². The van der Waals surface area contributed by atoms with E-state index >= 15 is 0 Å². The molecule has 13 heavy (non-hydrogen) atoms. The van der Waals surface area contributed by atoms with Crippen molar-refractivity contribution in [1.29, 1.82) is 5.26 Å². The number of rotatable bonds is 2. The standard InChI is InChI=1S/C9H9IN2O/c1-13-9-3-7(5-12)6(4-11)2-8(9)10/h2-3H,5,12H2,1H3. The number of hydrogen-bond acceptors (Lipinski definition) is 3. The van der Waals surface area contributed by atoms with E-state index in [9.17, 15) is 0 Å². The van der Waals surface area contributed by atoms with E-state index in [4.69, 9.17) is 15.7 Å². The van der Waals surface area contributed by atoms with Crippen molar-refractivity contribution in [1.82, 2.24) is 0 Å². The highest BCUT2D eigenvalue weighted by Crippen LogP contribution is 2.24. The van der Waals surface area contributed by atoms with Crippen molar-refractivity contribution in [3.8, 4) is 11.8 Å². The lowest BCUT2D eigenvalue weighted by Crippen LogP contribution is -2.01. The summed E-state index contributed by atoms with van der Waals surface area (Å²) in [7, 11) is 1.60. The van der Waals surface area contributed by atoms with Gasteiger partial charge in [0.2, 0.25) is 0 Å². The molecule has 0 aliphatic rings. The second-order valence-electron chi connectivity index (χ2n) is 2.46. The van der Waals surface area contributed by atoms with Crippen LogP contribution >= 0.6 is 22.6 Å². The third kappa shape index (κ3) is 2.11. The summed E-state index contributed by atoms with van der Waals surface area (Å²) < 4.78 is 6.04. The molecule has 1 rings (SSSR count). The summed E-state index contributed by atoms with van der Waals surface area (Å²) in [5, 5.41) is 8.79. The monoisotopic (exact) mass is 288 g/mol. The molecule has 3 nitrogen and oxygen atoms in total. The fraction of sp³-hybridized carbons (Fsp3) is 0.222. The van der Waals surface area contributed by atoms with Gasteiger partial charge >= 0.3 is 0 Å². The predicted molar refractivity (Wildman–Crippen MR) is 58.3 cm³/mol. The molecule has 0 aromatic heterocycles. The molecule has 1 aromatic carbocycles. The van der Waals surface area contributed by atoms with Crippen LogP contribution < -0.4 is 10.5 Å². The van der Waals surface area contributed by atoms with Crippen LogP contribution in [0.4, 0.5) is 0 Å². The summed E-state index contributed by atoms with van der Waals surface area (Å²) in [6, 6.07) is 5.68. The van der Waals surface area contributed by atoms with Gasteiger partial charge in [-0.15, -0.1) is 0 Å². The molecule has 0 aliphatic heterocycles. The van der Waals surface area contributed by atoms with Gasteiger partial charge in [0.1, 0.15) is 5.75 Å². The SMILES string of the molecule is COc1cc(CN)c(C#N)cc1I. The lowest BCUT2D eigenvalue weighted by molar-refractivity contribution is 0.411. The molecule has 0 amide bonds. The number of methoxy groups -OCH3 is 1. The molecule has 0 fully saturated rings. The van der Waals surface area contributed by atoms with Gasteiger partial charge in [0.15, 0.2) is 0 Å². The molecule has 0 saturated heterocycles. The fourth-order valence-electron chi connectivity index (χ4n) is 1.02. The quantitative estimate of drug-likeness (QED) is 0.841. The highest BCUT2D eigenvalue weighted by Gasteiger charge is 2.06. The van der Waals surface area contributed by atoms with Crippen molar-refractivity contribution < 1.29 is 4.74 Å². The third-order valence-electron chi connectivity index (χ3n) is 1.72. The molecule has 2 N–H and O–H groups in total. The highest BCUT2D eigenvalue weighted by molar-refractivity contribution is 14.1. The molecule has 0 saturated carbocycles. The summed E-state index contributed by atoms with van der Waals surface area (Å²) in [5.74, 6) is 0.764. The van der Waals surface area contributed by atoms with Crippen molar-refractivity contribution in [2.75, 3.05) is 7.11 Å². The number of nitrogens with two attached hydrogens (primary N) is 1. The average molecular weight is 288 g/mol. The first-order valence-corrected chi connectivity index (χ1v) is 4.77. The van der Waals surface area contributed by atoms with Gasteiger partial charge in [-0.25, -0.2) is 0 Å². The summed E-state index contributed by atoms with van der Waals surface area (Å²) in [4.78, 5) is 0. The van der Waals surface area contributed by atoms with Crippen LogP contribution in [0.15, 0.2) is 12.1 Å². The maximum absolute atomic E-state index is 8.79. The van der Waals surface area contributed by atoms with Crippen LogP contribution in [0.1, 0.15) is 11.1 Å². The maximum atomic E-state index is 8.79. The van der Waals surface area contributed by atoms with E-state index in [1.54, 1.807) is 19.2 Å². The fourth-order valence-corrected chi connectivity index (χ4v) is 1.71. The molecule has 0 unspecified atom stereocenters. The Bertz CT molecular complexity index is 357. The lowest BCUT2D eigenvalue weighted by Gasteiger charge is -2.06. The minimum absolute atomic E-state index is 0.357. The summed E-state index contributed by atoms with van der Waals surface area (Å²) in [6.07, 6.45) is 0. The molecule has 0 aliphatic carbocycles. The van der Waals surface area contributed by atoms with Crippen molar-refractivity contribution in [3.63, 3.8) is 0 Å². The first kappa shape index (κ1) is 10.3. The van der Waals surface area contributed by atoms with Crippen LogP contribution in [0.3, 0.4) is 0 Å². The lowest BCUT2D eigenvalue weighted by atomic mass is 10.1. The van der Waals surface area contributed by atoms with Crippen molar-refractivity contribution in [2.24, 2.45) is 5.73 Å². The zero-order valence-corrected chi connectivity index (χ0v) is 9.33. The first-order valence-electron chi connectivity index (χ1n) is 3.69. The molecule has 0 bridgehead atoms. The normalized spacial score (nSPS) is 9.38. The van der Waals surface area contributed by atoms with E-state index < -0.39 is 0 Å². The van der Waals surface area contributed by atoms with E-state index in [1.807, 2.05) is 0 Å². The van der Waals surface area contributed by atoms with Crippen molar-refractivity contribution in [3.05, 3.63) is 26.8 Å². The molecule has 4 heteroatoms. The van der Waals surface area contributed by atoms with E-state index in [2.05, 4.69) is 28.7 Å². The van der Waals surface area contributed by atoms with Crippen molar-refractivity contribution in [2.45, 2.75) is 6.54 Å². The number of halogens is 1. The van der Waals surface area contributed by atoms with Gasteiger partial charge in [0, 0.05) is 6.54 Å². The Morgan fingerprint density at radius 2 is 2.31 bits per heavy atom. The van der Waals surface area contributed by atoms with Gasteiger partial charge in [-0.1, -0.05) is 0 Å².